The number of fused-ring (bicyclic) bond motifs is 7. The Morgan fingerprint density at radius 1 is 0.439 bits per heavy atom. The van der Waals surface area contributed by atoms with Crippen LogP contribution < -0.4 is 0 Å². The minimum absolute atomic E-state index is 0.107. The van der Waals surface area contributed by atoms with Crippen molar-refractivity contribution >= 4 is 21.5 Å². The van der Waals surface area contributed by atoms with Gasteiger partial charge in [0.2, 0.25) is 0 Å². The predicted octanol–water partition coefficient (Wildman–Crippen LogP) is 9.49. The highest BCUT2D eigenvalue weighted by Crippen LogP contribution is 2.52. The Kier molecular flexibility index (Phi) is 5.17. The first-order valence-electron chi connectivity index (χ1n) is 14.1. The number of rotatable bonds is 3. The maximum absolute atomic E-state index is 5.04. The summed E-state index contributed by atoms with van der Waals surface area (Å²) in [6, 6.07) is 44.7. The summed E-state index contributed by atoms with van der Waals surface area (Å²) in [5, 5.41) is 4.92. The summed E-state index contributed by atoms with van der Waals surface area (Å²) in [5.74, 6) is 2.02. The molecule has 7 aromatic rings. The molecular weight excluding hydrogens is 498 g/mol. The standard InChI is InChI=1S/C38H27N3/c1-38(2)32-19-10-9-16-28(32)30-23-21-24-20-22-27-29(33(24)34(30)38)17-11-18-31(27)37-40-35(25-12-5-3-6-13-25)39-36(41-37)26-14-7-4-8-15-26/h3-23H,1-2H3. The van der Waals surface area contributed by atoms with Crippen molar-refractivity contribution in [3.63, 3.8) is 0 Å². The summed E-state index contributed by atoms with van der Waals surface area (Å²) in [6.45, 7) is 4.70. The fourth-order valence-electron chi connectivity index (χ4n) is 6.58. The van der Waals surface area contributed by atoms with Gasteiger partial charge in [-0.05, 0) is 43.8 Å². The Morgan fingerprint density at radius 3 is 1.73 bits per heavy atom. The van der Waals surface area contributed by atoms with Crippen molar-refractivity contribution in [1.82, 2.24) is 15.0 Å². The zero-order valence-corrected chi connectivity index (χ0v) is 23.0. The Bertz CT molecular complexity index is 2050. The predicted molar refractivity (Wildman–Crippen MR) is 169 cm³/mol. The Morgan fingerprint density at radius 2 is 1.02 bits per heavy atom. The van der Waals surface area contributed by atoms with Crippen molar-refractivity contribution in [2.24, 2.45) is 0 Å². The van der Waals surface area contributed by atoms with Gasteiger partial charge in [-0.25, -0.2) is 15.0 Å². The van der Waals surface area contributed by atoms with Crippen LogP contribution in [0.5, 0.6) is 0 Å². The molecule has 0 atom stereocenters. The van der Waals surface area contributed by atoms with E-state index in [4.69, 9.17) is 15.0 Å². The molecule has 0 saturated heterocycles. The second kappa shape index (κ2) is 8.94. The molecule has 0 aliphatic heterocycles. The zero-order chi connectivity index (χ0) is 27.6. The van der Waals surface area contributed by atoms with Gasteiger partial charge in [-0.3, -0.25) is 0 Å². The lowest BCUT2D eigenvalue weighted by molar-refractivity contribution is 0.666. The van der Waals surface area contributed by atoms with Crippen LogP contribution in [0.2, 0.25) is 0 Å². The highest BCUT2D eigenvalue weighted by atomic mass is 15.0. The second-order valence-electron chi connectivity index (χ2n) is 11.3. The van der Waals surface area contributed by atoms with Gasteiger partial charge in [0.1, 0.15) is 0 Å². The molecule has 0 unspecified atom stereocenters. The van der Waals surface area contributed by atoms with Gasteiger partial charge in [0.25, 0.3) is 0 Å². The third-order valence-corrected chi connectivity index (χ3v) is 8.50. The van der Waals surface area contributed by atoms with Crippen molar-refractivity contribution in [1.29, 1.82) is 0 Å². The smallest absolute Gasteiger partial charge is 0.164 e. The molecule has 1 aliphatic carbocycles. The average molecular weight is 526 g/mol. The van der Waals surface area contributed by atoms with Gasteiger partial charge in [-0.1, -0.05) is 141 Å². The lowest BCUT2D eigenvalue weighted by atomic mass is 9.79. The molecule has 1 heterocycles. The first kappa shape index (κ1) is 23.7. The van der Waals surface area contributed by atoms with E-state index < -0.39 is 0 Å². The Labute approximate surface area is 239 Å². The van der Waals surface area contributed by atoms with E-state index in [2.05, 4.69) is 80.6 Å². The third kappa shape index (κ3) is 3.63. The number of aromatic nitrogens is 3. The highest BCUT2D eigenvalue weighted by molar-refractivity contribution is 6.15. The molecule has 0 spiro atoms. The average Bonchev–Trinajstić information content (AvgIpc) is 3.27. The van der Waals surface area contributed by atoms with Crippen LogP contribution in [0.4, 0.5) is 0 Å². The largest absolute Gasteiger partial charge is 0.208 e. The van der Waals surface area contributed by atoms with Crippen LogP contribution in [-0.4, -0.2) is 15.0 Å². The topological polar surface area (TPSA) is 38.7 Å². The van der Waals surface area contributed by atoms with Crippen LogP contribution in [0.3, 0.4) is 0 Å². The normalized spacial score (nSPS) is 13.3. The molecule has 0 N–H and O–H groups in total. The van der Waals surface area contributed by atoms with Crippen LogP contribution in [0.25, 0.3) is 66.8 Å². The molecule has 8 rings (SSSR count). The number of nitrogens with zero attached hydrogens (tertiary/aromatic N) is 3. The lowest BCUT2D eigenvalue weighted by Crippen LogP contribution is -2.15. The van der Waals surface area contributed by atoms with Crippen molar-refractivity contribution in [3.8, 4) is 45.3 Å². The summed E-state index contributed by atoms with van der Waals surface area (Å²) < 4.78 is 0. The summed E-state index contributed by atoms with van der Waals surface area (Å²) in [6.07, 6.45) is 0. The molecule has 0 fully saturated rings. The quantitative estimate of drug-likeness (QED) is 0.216. The number of benzene rings is 6. The Balaban J connectivity index is 1.41. The first-order valence-corrected chi connectivity index (χ1v) is 14.1. The van der Waals surface area contributed by atoms with E-state index in [0.717, 1.165) is 22.1 Å². The molecule has 0 amide bonds. The van der Waals surface area contributed by atoms with Crippen molar-refractivity contribution in [3.05, 3.63) is 139 Å². The van der Waals surface area contributed by atoms with E-state index in [1.54, 1.807) is 0 Å². The van der Waals surface area contributed by atoms with Crippen LogP contribution in [-0.2, 0) is 5.41 Å². The minimum atomic E-state index is -0.107. The van der Waals surface area contributed by atoms with Gasteiger partial charge in [0.05, 0.1) is 0 Å². The highest BCUT2D eigenvalue weighted by Gasteiger charge is 2.37. The van der Waals surface area contributed by atoms with E-state index >= 15 is 0 Å². The lowest BCUT2D eigenvalue weighted by Gasteiger charge is -2.24. The summed E-state index contributed by atoms with van der Waals surface area (Å²) in [5.41, 5.74) is 8.27. The summed E-state index contributed by atoms with van der Waals surface area (Å²) >= 11 is 0. The zero-order valence-electron chi connectivity index (χ0n) is 23.0. The van der Waals surface area contributed by atoms with Gasteiger partial charge in [-0.15, -0.1) is 0 Å². The molecular formula is C38H27N3. The molecule has 194 valence electrons. The van der Waals surface area contributed by atoms with Crippen molar-refractivity contribution in [2.45, 2.75) is 19.3 Å². The minimum Gasteiger partial charge on any atom is -0.208 e. The first-order chi connectivity index (χ1) is 20.1. The number of hydrogen-bond acceptors (Lipinski definition) is 3. The molecule has 0 saturated carbocycles. The van der Waals surface area contributed by atoms with Gasteiger partial charge < -0.3 is 0 Å². The van der Waals surface area contributed by atoms with Crippen LogP contribution in [0.1, 0.15) is 25.0 Å². The van der Waals surface area contributed by atoms with Crippen LogP contribution in [0.15, 0.2) is 127 Å². The molecule has 0 radical (unpaired) electrons. The number of hydrogen-bond donors (Lipinski definition) is 0. The van der Waals surface area contributed by atoms with Crippen LogP contribution in [0, 0.1) is 0 Å². The second-order valence-corrected chi connectivity index (χ2v) is 11.3. The third-order valence-electron chi connectivity index (χ3n) is 8.50. The molecule has 3 nitrogen and oxygen atoms in total. The summed E-state index contributed by atoms with van der Waals surface area (Å²) in [4.78, 5) is 15.0. The maximum Gasteiger partial charge on any atom is 0.164 e. The molecule has 1 aromatic heterocycles. The summed E-state index contributed by atoms with van der Waals surface area (Å²) in [7, 11) is 0. The van der Waals surface area contributed by atoms with Gasteiger partial charge in [0, 0.05) is 22.1 Å². The molecule has 41 heavy (non-hydrogen) atoms. The van der Waals surface area contributed by atoms with E-state index in [1.165, 1.54) is 38.4 Å². The maximum atomic E-state index is 5.04. The molecule has 1 aliphatic rings. The van der Waals surface area contributed by atoms with E-state index in [-0.39, 0.29) is 5.41 Å². The van der Waals surface area contributed by atoms with Crippen LogP contribution >= 0.6 is 0 Å². The van der Waals surface area contributed by atoms with E-state index in [9.17, 15) is 0 Å². The van der Waals surface area contributed by atoms with Gasteiger partial charge >= 0.3 is 0 Å². The molecule has 6 aromatic carbocycles. The molecule has 0 bridgehead atoms. The Hall–Kier alpha value is -5.15. The van der Waals surface area contributed by atoms with Gasteiger partial charge in [-0.2, -0.15) is 0 Å². The van der Waals surface area contributed by atoms with Gasteiger partial charge in [0.15, 0.2) is 17.5 Å². The fourth-order valence-corrected chi connectivity index (χ4v) is 6.58. The van der Waals surface area contributed by atoms with Crippen molar-refractivity contribution in [2.75, 3.05) is 0 Å². The van der Waals surface area contributed by atoms with E-state index in [1.807, 2.05) is 60.7 Å². The monoisotopic (exact) mass is 525 g/mol. The SMILES string of the molecule is CC1(C)c2ccccc2-c2ccc3ccc4c(-c5nc(-c6ccccc6)nc(-c6ccccc6)n5)cccc4c3c21. The molecule has 3 heteroatoms. The van der Waals surface area contributed by atoms with E-state index in [0.29, 0.717) is 17.5 Å². The fraction of sp³-hybridized carbons (Fsp3) is 0.0789. The van der Waals surface area contributed by atoms with Crippen molar-refractivity contribution < 1.29 is 0 Å².